The molecule has 0 radical (unpaired) electrons. The van der Waals surface area contributed by atoms with Crippen LogP contribution in [0.5, 0.6) is 0 Å². The van der Waals surface area contributed by atoms with Crippen molar-refractivity contribution >= 4 is 23.2 Å². The predicted octanol–water partition coefficient (Wildman–Crippen LogP) is 4.78. The summed E-state index contributed by atoms with van der Waals surface area (Å²) in [5.41, 5.74) is 0.937. The molecule has 0 saturated heterocycles. The van der Waals surface area contributed by atoms with Crippen LogP contribution in [-0.4, -0.2) is 38.5 Å². The van der Waals surface area contributed by atoms with E-state index in [1.54, 1.807) is 35.2 Å². The Morgan fingerprint density at radius 2 is 2.00 bits per heavy atom. The minimum Gasteiger partial charge on any atom is -0.339 e. The summed E-state index contributed by atoms with van der Waals surface area (Å²) in [6.45, 7) is 4.25. The number of benzene rings is 2. The lowest BCUT2D eigenvalue weighted by Crippen LogP contribution is -2.39. The van der Waals surface area contributed by atoms with Gasteiger partial charge in [0.2, 0.25) is 11.7 Å². The number of nitrogens with zero attached hydrogens (tertiary/aromatic N) is 4. The van der Waals surface area contributed by atoms with Gasteiger partial charge >= 0.3 is 0 Å². The molecule has 3 rings (SSSR count). The number of amides is 1. The molecule has 9 heteroatoms. The molecule has 1 aromatic heterocycles. The molecule has 2 aromatic carbocycles. The zero-order chi connectivity index (χ0) is 21.7. The highest BCUT2D eigenvalue weighted by Crippen LogP contribution is 2.20. The second-order valence-electron chi connectivity index (χ2n) is 6.83. The van der Waals surface area contributed by atoms with Crippen LogP contribution < -0.4 is 0 Å². The molecule has 1 heterocycles. The second kappa shape index (κ2) is 9.49. The van der Waals surface area contributed by atoms with E-state index in [-0.39, 0.29) is 23.2 Å². The Kier molecular flexibility index (Phi) is 6.79. The minimum absolute atomic E-state index is 0.0598. The van der Waals surface area contributed by atoms with E-state index in [1.807, 2.05) is 13.8 Å². The molecular formula is C21H21ClN4O4. The topological polar surface area (TPSA) is 102 Å². The number of non-ortho nitro benzene ring substituents is 1. The summed E-state index contributed by atoms with van der Waals surface area (Å²) in [6, 6.07) is 12.8. The lowest BCUT2D eigenvalue weighted by molar-refractivity contribution is -0.384. The highest BCUT2D eigenvalue weighted by Gasteiger charge is 2.23. The average molecular weight is 429 g/mol. The molecule has 0 saturated carbocycles. The van der Waals surface area contributed by atoms with Gasteiger partial charge in [0.25, 0.3) is 11.6 Å². The Bertz CT molecular complexity index is 1040. The molecule has 0 aliphatic carbocycles. The zero-order valence-corrected chi connectivity index (χ0v) is 17.4. The van der Waals surface area contributed by atoms with Gasteiger partial charge in [-0.1, -0.05) is 29.7 Å². The fourth-order valence-electron chi connectivity index (χ4n) is 2.95. The summed E-state index contributed by atoms with van der Waals surface area (Å²) >= 11 is 5.90. The molecule has 0 aliphatic rings. The molecule has 1 atom stereocenters. The lowest BCUT2D eigenvalue weighted by atomic mass is 10.1. The fourth-order valence-corrected chi connectivity index (χ4v) is 3.08. The van der Waals surface area contributed by atoms with Crippen molar-refractivity contribution in [3.63, 3.8) is 0 Å². The molecule has 0 N–H and O–H groups in total. The molecule has 30 heavy (non-hydrogen) atoms. The van der Waals surface area contributed by atoms with Crippen LogP contribution in [-0.2, 0) is 6.42 Å². The van der Waals surface area contributed by atoms with E-state index in [2.05, 4.69) is 10.1 Å². The maximum absolute atomic E-state index is 13.0. The number of nitro groups is 1. The van der Waals surface area contributed by atoms with Gasteiger partial charge < -0.3 is 9.42 Å². The van der Waals surface area contributed by atoms with E-state index in [1.165, 1.54) is 18.2 Å². The van der Waals surface area contributed by atoms with E-state index in [9.17, 15) is 14.9 Å². The smallest absolute Gasteiger partial charge is 0.270 e. The van der Waals surface area contributed by atoms with Crippen LogP contribution in [0.4, 0.5) is 5.69 Å². The molecule has 8 nitrogen and oxygen atoms in total. The largest absolute Gasteiger partial charge is 0.339 e. The van der Waals surface area contributed by atoms with Gasteiger partial charge in [-0.2, -0.15) is 4.98 Å². The average Bonchev–Trinajstić information content (AvgIpc) is 3.23. The molecular weight excluding hydrogens is 408 g/mol. The van der Waals surface area contributed by atoms with Crippen LogP contribution in [0.2, 0.25) is 5.02 Å². The van der Waals surface area contributed by atoms with Crippen LogP contribution in [0.3, 0.4) is 0 Å². The monoisotopic (exact) mass is 428 g/mol. The zero-order valence-electron chi connectivity index (χ0n) is 16.6. The van der Waals surface area contributed by atoms with Crippen molar-refractivity contribution in [3.8, 4) is 11.4 Å². The number of aromatic nitrogens is 2. The first-order valence-electron chi connectivity index (χ1n) is 9.53. The Hall–Kier alpha value is -3.26. The highest BCUT2D eigenvalue weighted by molar-refractivity contribution is 6.30. The van der Waals surface area contributed by atoms with Gasteiger partial charge in [0.1, 0.15) is 0 Å². The molecule has 0 bridgehead atoms. The SMILES string of the molecule is CCC(C)N(CCc1nc(-c2ccc(Cl)cc2)no1)C(=O)c1cccc([N+](=O)[O-])c1. The van der Waals surface area contributed by atoms with Gasteiger partial charge in [0.05, 0.1) is 4.92 Å². The van der Waals surface area contributed by atoms with E-state index in [4.69, 9.17) is 16.1 Å². The summed E-state index contributed by atoms with van der Waals surface area (Å²) < 4.78 is 5.33. The van der Waals surface area contributed by atoms with Crippen molar-refractivity contribution in [2.45, 2.75) is 32.7 Å². The van der Waals surface area contributed by atoms with Crippen molar-refractivity contribution in [2.75, 3.05) is 6.54 Å². The Morgan fingerprint density at radius 3 is 2.67 bits per heavy atom. The highest BCUT2D eigenvalue weighted by atomic mass is 35.5. The van der Waals surface area contributed by atoms with Crippen LogP contribution in [0.1, 0.15) is 36.5 Å². The quantitative estimate of drug-likeness (QED) is 0.377. The number of carbonyl (C=O) groups is 1. The maximum Gasteiger partial charge on any atom is 0.270 e. The first-order chi connectivity index (χ1) is 14.4. The summed E-state index contributed by atoms with van der Waals surface area (Å²) in [5.74, 6) is 0.576. The Balaban J connectivity index is 1.74. The summed E-state index contributed by atoms with van der Waals surface area (Å²) in [5, 5.41) is 15.6. The van der Waals surface area contributed by atoms with Gasteiger partial charge in [-0.3, -0.25) is 14.9 Å². The molecule has 0 aliphatic heterocycles. The molecule has 0 spiro atoms. The summed E-state index contributed by atoms with van der Waals surface area (Å²) in [4.78, 5) is 29.6. The second-order valence-corrected chi connectivity index (χ2v) is 7.27. The van der Waals surface area contributed by atoms with Crippen molar-refractivity contribution in [1.29, 1.82) is 0 Å². The van der Waals surface area contributed by atoms with Gasteiger partial charge in [-0.05, 0) is 43.7 Å². The van der Waals surface area contributed by atoms with Gasteiger partial charge in [-0.15, -0.1) is 0 Å². The fraction of sp³-hybridized carbons (Fsp3) is 0.286. The Labute approximate surface area is 178 Å². The van der Waals surface area contributed by atoms with E-state index in [0.717, 1.165) is 12.0 Å². The van der Waals surface area contributed by atoms with Crippen molar-refractivity contribution in [1.82, 2.24) is 15.0 Å². The van der Waals surface area contributed by atoms with Crippen LogP contribution in [0, 0.1) is 10.1 Å². The third kappa shape index (κ3) is 5.01. The minimum atomic E-state index is -0.513. The number of hydrogen-bond donors (Lipinski definition) is 0. The number of nitro benzene ring substituents is 1. The molecule has 156 valence electrons. The number of carbonyl (C=O) groups excluding carboxylic acids is 1. The van der Waals surface area contributed by atoms with Gasteiger partial charge in [-0.25, -0.2) is 0 Å². The van der Waals surface area contributed by atoms with E-state index in [0.29, 0.717) is 29.7 Å². The standard InChI is InChI=1S/C21H21ClN4O4/c1-3-14(2)25(21(27)16-5-4-6-18(13-16)26(28)29)12-11-19-23-20(24-30-19)15-7-9-17(22)10-8-15/h4-10,13-14H,3,11-12H2,1-2H3. The van der Waals surface area contributed by atoms with Gasteiger partial charge in [0, 0.05) is 47.3 Å². The summed E-state index contributed by atoms with van der Waals surface area (Å²) in [6.07, 6.45) is 1.10. The van der Waals surface area contributed by atoms with Crippen molar-refractivity contribution in [2.24, 2.45) is 0 Å². The third-order valence-electron chi connectivity index (χ3n) is 4.82. The first-order valence-corrected chi connectivity index (χ1v) is 9.90. The van der Waals surface area contributed by atoms with Crippen molar-refractivity contribution < 1.29 is 14.2 Å². The number of rotatable bonds is 8. The first kappa shape index (κ1) is 21.4. The van der Waals surface area contributed by atoms with E-state index >= 15 is 0 Å². The van der Waals surface area contributed by atoms with Crippen LogP contribution in [0.25, 0.3) is 11.4 Å². The molecule has 1 unspecified atom stereocenters. The lowest BCUT2D eigenvalue weighted by Gasteiger charge is -2.28. The van der Waals surface area contributed by atoms with Crippen LogP contribution >= 0.6 is 11.6 Å². The molecule has 3 aromatic rings. The predicted molar refractivity (Wildman–Crippen MR) is 112 cm³/mol. The third-order valence-corrected chi connectivity index (χ3v) is 5.08. The summed E-state index contributed by atoms with van der Waals surface area (Å²) in [7, 11) is 0. The van der Waals surface area contributed by atoms with Crippen molar-refractivity contribution in [3.05, 3.63) is 75.1 Å². The van der Waals surface area contributed by atoms with Gasteiger partial charge in [0.15, 0.2) is 0 Å². The Morgan fingerprint density at radius 1 is 1.27 bits per heavy atom. The van der Waals surface area contributed by atoms with E-state index < -0.39 is 4.92 Å². The normalized spacial score (nSPS) is 11.8. The maximum atomic E-state index is 13.0. The molecule has 1 amide bonds. The number of hydrogen-bond acceptors (Lipinski definition) is 6. The molecule has 0 fully saturated rings. The number of halogens is 1. The van der Waals surface area contributed by atoms with Crippen LogP contribution in [0.15, 0.2) is 53.1 Å².